The SMILES string of the molecule is Cc1ccc(-c2nsc3c(=O)n(CC(=O)Nc4cccc(Cl)c4)cnc23)cc1. The maximum atomic E-state index is 12.8. The minimum absolute atomic E-state index is 0.147. The van der Waals surface area contributed by atoms with Gasteiger partial charge in [0.05, 0.1) is 6.33 Å². The number of benzene rings is 2. The summed E-state index contributed by atoms with van der Waals surface area (Å²) in [6.45, 7) is 1.86. The molecule has 4 aromatic rings. The van der Waals surface area contributed by atoms with Gasteiger partial charge in [-0.25, -0.2) is 4.98 Å². The minimum atomic E-state index is -0.339. The molecule has 4 rings (SSSR count). The Morgan fingerprint density at radius 3 is 2.75 bits per heavy atom. The average molecular weight is 411 g/mol. The molecule has 0 atom stereocenters. The van der Waals surface area contributed by atoms with Gasteiger partial charge in [-0.05, 0) is 36.7 Å². The molecule has 28 heavy (non-hydrogen) atoms. The summed E-state index contributed by atoms with van der Waals surface area (Å²) < 4.78 is 6.11. The molecule has 1 amide bonds. The normalized spacial score (nSPS) is 10.9. The van der Waals surface area contributed by atoms with E-state index >= 15 is 0 Å². The molecule has 6 nitrogen and oxygen atoms in total. The first-order valence-electron chi connectivity index (χ1n) is 8.48. The van der Waals surface area contributed by atoms with E-state index in [2.05, 4.69) is 14.7 Å². The van der Waals surface area contributed by atoms with Gasteiger partial charge in [0.2, 0.25) is 5.91 Å². The van der Waals surface area contributed by atoms with Crippen molar-refractivity contribution in [3.05, 3.63) is 75.8 Å². The molecule has 8 heteroatoms. The van der Waals surface area contributed by atoms with E-state index in [1.807, 2.05) is 31.2 Å². The van der Waals surface area contributed by atoms with Crippen LogP contribution < -0.4 is 10.9 Å². The van der Waals surface area contributed by atoms with E-state index < -0.39 is 0 Å². The van der Waals surface area contributed by atoms with Gasteiger partial charge >= 0.3 is 0 Å². The van der Waals surface area contributed by atoms with Gasteiger partial charge in [0.15, 0.2) is 0 Å². The number of hydrogen-bond acceptors (Lipinski definition) is 5. The zero-order chi connectivity index (χ0) is 19.7. The van der Waals surface area contributed by atoms with Crippen LogP contribution in [0.5, 0.6) is 0 Å². The number of rotatable bonds is 4. The number of nitrogens with zero attached hydrogens (tertiary/aromatic N) is 3. The summed E-state index contributed by atoms with van der Waals surface area (Å²) in [6.07, 6.45) is 1.38. The summed E-state index contributed by atoms with van der Waals surface area (Å²) in [5.74, 6) is -0.339. The van der Waals surface area contributed by atoms with Crippen LogP contribution in [0.2, 0.25) is 5.02 Å². The number of aryl methyl sites for hydroxylation is 1. The molecular weight excluding hydrogens is 396 g/mol. The Balaban J connectivity index is 1.61. The van der Waals surface area contributed by atoms with Crippen molar-refractivity contribution in [1.29, 1.82) is 0 Å². The molecule has 0 saturated carbocycles. The van der Waals surface area contributed by atoms with Crippen molar-refractivity contribution in [2.24, 2.45) is 0 Å². The van der Waals surface area contributed by atoms with Crippen LogP contribution in [0.15, 0.2) is 59.7 Å². The lowest BCUT2D eigenvalue weighted by molar-refractivity contribution is -0.116. The van der Waals surface area contributed by atoms with Gasteiger partial charge < -0.3 is 5.32 Å². The highest BCUT2D eigenvalue weighted by Crippen LogP contribution is 2.27. The number of carbonyl (C=O) groups is 1. The van der Waals surface area contributed by atoms with E-state index in [4.69, 9.17) is 11.6 Å². The fraction of sp³-hybridized carbons (Fsp3) is 0.100. The van der Waals surface area contributed by atoms with Crippen LogP contribution in [-0.4, -0.2) is 19.8 Å². The largest absolute Gasteiger partial charge is 0.324 e. The average Bonchev–Trinajstić information content (AvgIpc) is 3.09. The van der Waals surface area contributed by atoms with Gasteiger partial charge in [-0.2, -0.15) is 4.37 Å². The number of halogens is 1. The number of fused-ring (bicyclic) bond motifs is 1. The fourth-order valence-corrected chi connectivity index (χ4v) is 3.79. The molecule has 140 valence electrons. The molecule has 2 heterocycles. The number of hydrogen-bond donors (Lipinski definition) is 1. The third-order valence-electron chi connectivity index (χ3n) is 4.20. The zero-order valence-corrected chi connectivity index (χ0v) is 16.4. The molecule has 0 unspecified atom stereocenters. The van der Waals surface area contributed by atoms with E-state index in [-0.39, 0.29) is 18.0 Å². The van der Waals surface area contributed by atoms with Crippen molar-refractivity contribution < 1.29 is 4.79 Å². The number of anilines is 1. The van der Waals surface area contributed by atoms with Gasteiger partial charge in [0, 0.05) is 16.3 Å². The standard InChI is InChI=1S/C20H15ClN4O2S/c1-12-5-7-13(8-6-12)17-18-19(28-24-17)20(27)25(11-22-18)10-16(26)23-15-4-2-3-14(21)9-15/h2-9,11H,10H2,1H3,(H,23,26). The van der Waals surface area contributed by atoms with Crippen molar-refractivity contribution in [1.82, 2.24) is 13.9 Å². The molecule has 2 aromatic carbocycles. The Labute approximate surface area is 169 Å². The fourth-order valence-electron chi connectivity index (χ4n) is 2.79. The molecule has 0 aliphatic rings. The van der Waals surface area contributed by atoms with Crippen LogP contribution in [0.1, 0.15) is 5.56 Å². The third kappa shape index (κ3) is 3.67. The number of aromatic nitrogens is 3. The van der Waals surface area contributed by atoms with E-state index in [0.717, 1.165) is 22.7 Å². The summed E-state index contributed by atoms with van der Waals surface area (Å²) in [6, 6.07) is 14.7. The van der Waals surface area contributed by atoms with Crippen LogP contribution in [0, 0.1) is 6.92 Å². The number of amides is 1. The summed E-state index contributed by atoms with van der Waals surface area (Å²) >= 11 is 7.01. The topological polar surface area (TPSA) is 76.9 Å². The molecule has 0 radical (unpaired) electrons. The second kappa shape index (κ2) is 7.53. The van der Waals surface area contributed by atoms with Gasteiger partial charge in [-0.15, -0.1) is 0 Å². The van der Waals surface area contributed by atoms with E-state index in [0.29, 0.717) is 26.6 Å². The monoisotopic (exact) mass is 410 g/mol. The Hall–Kier alpha value is -3.03. The van der Waals surface area contributed by atoms with Crippen molar-refractivity contribution >= 4 is 44.9 Å². The maximum Gasteiger partial charge on any atom is 0.273 e. The molecule has 1 N–H and O–H groups in total. The van der Waals surface area contributed by atoms with E-state index in [1.54, 1.807) is 24.3 Å². The molecule has 0 aliphatic carbocycles. The summed E-state index contributed by atoms with van der Waals surface area (Å²) in [4.78, 5) is 29.4. The Bertz CT molecular complexity index is 1230. The van der Waals surface area contributed by atoms with Crippen molar-refractivity contribution in [3.63, 3.8) is 0 Å². The lowest BCUT2D eigenvalue weighted by Crippen LogP contribution is -2.27. The van der Waals surface area contributed by atoms with Gasteiger partial charge in [0.25, 0.3) is 5.56 Å². The van der Waals surface area contributed by atoms with Crippen molar-refractivity contribution in [2.45, 2.75) is 13.5 Å². The summed E-state index contributed by atoms with van der Waals surface area (Å²) in [7, 11) is 0. The Kier molecular flexibility index (Phi) is 4.93. The number of nitrogens with one attached hydrogen (secondary N) is 1. The summed E-state index contributed by atoms with van der Waals surface area (Å²) in [5.41, 5.74) is 3.55. The van der Waals surface area contributed by atoms with Crippen molar-refractivity contribution in [2.75, 3.05) is 5.32 Å². The van der Waals surface area contributed by atoms with Crippen LogP contribution in [-0.2, 0) is 11.3 Å². The lowest BCUT2D eigenvalue weighted by Gasteiger charge is -2.07. The molecule has 0 spiro atoms. The van der Waals surface area contributed by atoms with Crippen molar-refractivity contribution in [3.8, 4) is 11.3 Å². The lowest BCUT2D eigenvalue weighted by atomic mass is 10.1. The van der Waals surface area contributed by atoms with Gasteiger partial charge in [-0.1, -0.05) is 47.5 Å². The molecule has 2 aromatic heterocycles. The van der Waals surface area contributed by atoms with Crippen LogP contribution >= 0.6 is 23.1 Å². The molecule has 0 fully saturated rings. The molecule has 0 saturated heterocycles. The van der Waals surface area contributed by atoms with Crippen LogP contribution in [0.25, 0.3) is 21.5 Å². The van der Waals surface area contributed by atoms with Crippen LogP contribution in [0.3, 0.4) is 0 Å². The first-order valence-corrected chi connectivity index (χ1v) is 9.64. The molecule has 0 bridgehead atoms. The quantitative estimate of drug-likeness (QED) is 0.549. The van der Waals surface area contributed by atoms with Gasteiger partial charge in [-0.3, -0.25) is 14.2 Å². The van der Waals surface area contributed by atoms with Gasteiger partial charge in [0.1, 0.15) is 22.5 Å². The predicted octanol–water partition coefficient (Wildman–Crippen LogP) is 4.12. The highest BCUT2D eigenvalue weighted by atomic mass is 35.5. The first-order chi connectivity index (χ1) is 13.5. The Morgan fingerprint density at radius 1 is 1.21 bits per heavy atom. The predicted molar refractivity (Wildman–Crippen MR) is 112 cm³/mol. The highest BCUT2D eigenvalue weighted by molar-refractivity contribution is 7.13. The maximum absolute atomic E-state index is 12.8. The minimum Gasteiger partial charge on any atom is -0.324 e. The smallest absolute Gasteiger partial charge is 0.273 e. The second-order valence-corrected chi connectivity index (χ2v) is 7.52. The summed E-state index contributed by atoms with van der Waals surface area (Å²) in [5, 5.41) is 3.24. The second-order valence-electron chi connectivity index (χ2n) is 6.31. The third-order valence-corrected chi connectivity index (χ3v) is 5.26. The molecule has 0 aliphatic heterocycles. The molecular formula is C20H15ClN4O2S. The number of carbonyl (C=O) groups excluding carboxylic acids is 1. The Morgan fingerprint density at radius 2 is 2.00 bits per heavy atom. The first kappa shape index (κ1) is 18.3. The van der Waals surface area contributed by atoms with Crippen LogP contribution in [0.4, 0.5) is 5.69 Å². The van der Waals surface area contributed by atoms with E-state index in [1.165, 1.54) is 10.9 Å². The highest BCUT2D eigenvalue weighted by Gasteiger charge is 2.15. The van der Waals surface area contributed by atoms with E-state index in [9.17, 15) is 9.59 Å². The zero-order valence-electron chi connectivity index (χ0n) is 14.8.